The monoisotopic (exact) mass is 316 g/mol. The van der Waals surface area contributed by atoms with Crippen molar-refractivity contribution in [3.63, 3.8) is 0 Å². The predicted octanol–water partition coefficient (Wildman–Crippen LogP) is 2.98. The van der Waals surface area contributed by atoms with E-state index in [1.165, 1.54) is 0 Å². The summed E-state index contributed by atoms with van der Waals surface area (Å²) < 4.78 is 5.26. The normalized spacial score (nSPS) is 26.3. The number of hydrogen-bond donors (Lipinski definition) is 2. The Morgan fingerprint density at radius 1 is 1.22 bits per heavy atom. The predicted molar refractivity (Wildman–Crippen MR) is 84.3 cm³/mol. The summed E-state index contributed by atoms with van der Waals surface area (Å²) in [4.78, 5) is 23.5. The van der Waals surface area contributed by atoms with E-state index in [0.717, 1.165) is 28.0 Å². The second kappa shape index (κ2) is 5.41. The number of aryl methyl sites for hydroxylation is 1. The molecule has 2 N–H and O–H groups in total. The van der Waals surface area contributed by atoms with Gasteiger partial charge in [-0.25, -0.2) is 0 Å². The Kier molecular flexibility index (Phi) is 3.66. The molecule has 2 aliphatic carbocycles. The Morgan fingerprint density at radius 3 is 2.57 bits per heavy atom. The van der Waals surface area contributed by atoms with E-state index in [-0.39, 0.29) is 0 Å². The van der Waals surface area contributed by atoms with Crippen molar-refractivity contribution in [3.05, 3.63) is 34.9 Å². The summed E-state index contributed by atoms with van der Waals surface area (Å²) in [6.45, 7) is 1.57. The Morgan fingerprint density at radius 2 is 1.96 bits per heavy atom. The van der Waals surface area contributed by atoms with Crippen molar-refractivity contribution in [2.24, 2.45) is 11.3 Å². The molecule has 122 valence electrons. The molecule has 23 heavy (non-hydrogen) atoms. The van der Waals surface area contributed by atoms with E-state index >= 15 is 0 Å². The van der Waals surface area contributed by atoms with Gasteiger partial charge in [-0.3, -0.25) is 9.59 Å². The number of carboxylic acid groups (broad SMARTS) is 2. The molecule has 3 rings (SSSR count). The van der Waals surface area contributed by atoms with E-state index in [0.29, 0.717) is 25.7 Å². The van der Waals surface area contributed by atoms with Gasteiger partial charge in [-0.15, -0.1) is 0 Å². The van der Waals surface area contributed by atoms with Crippen molar-refractivity contribution in [2.75, 3.05) is 7.11 Å². The molecule has 0 bridgehead atoms. The molecule has 0 saturated heterocycles. The number of ether oxygens (including phenoxy) is 1. The first-order valence-corrected chi connectivity index (χ1v) is 7.75. The van der Waals surface area contributed by atoms with Crippen LogP contribution < -0.4 is 4.74 Å². The lowest BCUT2D eigenvalue weighted by Crippen LogP contribution is -2.45. The summed E-state index contributed by atoms with van der Waals surface area (Å²) in [5.74, 6) is -2.16. The molecular weight excluding hydrogens is 296 g/mol. The van der Waals surface area contributed by atoms with Gasteiger partial charge >= 0.3 is 11.9 Å². The highest BCUT2D eigenvalue weighted by Gasteiger charge is 2.52. The number of rotatable bonds is 3. The fraction of sp³-hybridized carbons (Fsp3) is 0.444. The Balaban J connectivity index is 2.16. The standard InChI is InChI=1S/C18H20O5/c1-18(17(21)22)14-7-3-10-9-11(23-2)4-5-12(10)13(14)6-8-15(18)16(19)20/h4-5,9,15H,3,6-8H2,1-2H3,(H,19,20)(H,21,22)/t15-,18+/m0/s1. The number of methoxy groups -OCH3 is 1. The second-order valence-corrected chi connectivity index (χ2v) is 6.42. The largest absolute Gasteiger partial charge is 0.497 e. The van der Waals surface area contributed by atoms with Crippen LogP contribution in [0.4, 0.5) is 0 Å². The smallest absolute Gasteiger partial charge is 0.314 e. The van der Waals surface area contributed by atoms with Crippen molar-refractivity contribution in [1.82, 2.24) is 0 Å². The summed E-state index contributed by atoms with van der Waals surface area (Å²) in [7, 11) is 1.62. The molecule has 0 spiro atoms. The van der Waals surface area contributed by atoms with Gasteiger partial charge in [-0.1, -0.05) is 6.07 Å². The summed E-state index contributed by atoms with van der Waals surface area (Å²) in [6.07, 6.45) is 2.25. The van der Waals surface area contributed by atoms with Crippen LogP contribution in [0, 0.1) is 11.3 Å². The van der Waals surface area contributed by atoms with Crippen molar-refractivity contribution in [3.8, 4) is 5.75 Å². The Bertz CT molecular complexity index is 718. The third-order valence-electron chi connectivity index (χ3n) is 5.40. The highest BCUT2D eigenvalue weighted by molar-refractivity contribution is 5.91. The topological polar surface area (TPSA) is 83.8 Å². The molecule has 0 aromatic heterocycles. The molecule has 0 aliphatic heterocycles. The number of hydrogen-bond acceptors (Lipinski definition) is 3. The lowest BCUT2D eigenvalue weighted by Gasteiger charge is -2.42. The first-order valence-electron chi connectivity index (χ1n) is 7.75. The minimum Gasteiger partial charge on any atom is -0.497 e. The number of carbonyl (C=O) groups is 2. The third-order valence-corrected chi connectivity index (χ3v) is 5.40. The van der Waals surface area contributed by atoms with Crippen LogP contribution in [0.25, 0.3) is 5.57 Å². The molecule has 2 atom stereocenters. The van der Waals surface area contributed by atoms with E-state index in [2.05, 4.69) is 0 Å². The van der Waals surface area contributed by atoms with Crippen LogP contribution >= 0.6 is 0 Å². The zero-order valence-corrected chi connectivity index (χ0v) is 13.3. The van der Waals surface area contributed by atoms with Gasteiger partial charge in [0.25, 0.3) is 0 Å². The van der Waals surface area contributed by atoms with Crippen LogP contribution in [0.3, 0.4) is 0 Å². The fourth-order valence-electron chi connectivity index (χ4n) is 4.07. The number of aliphatic carboxylic acids is 2. The molecule has 0 heterocycles. The summed E-state index contributed by atoms with van der Waals surface area (Å²) in [5.41, 5.74) is 2.64. The fourth-order valence-corrected chi connectivity index (χ4v) is 4.07. The van der Waals surface area contributed by atoms with Gasteiger partial charge in [-0.05, 0) is 67.0 Å². The molecular formula is C18H20O5. The minimum absolute atomic E-state index is 0.350. The Labute approximate surface area is 134 Å². The highest BCUT2D eigenvalue weighted by Crippen LogP contribution is 2.52. The molecule has 1 aromatic carbocycles. The number of allylic oxidation sites excluding steroid dienone is 1. The molecule has 0 fully saturated rings. The number of fused-ring (bicyclic) bond motifs is 2. The van der Waals surface area contributed by atoms with Crippen molar-refractivity contribution < 1.29 is 24.5 Å². The number of carboxylic acids is 2. The number of benzene rings is 1. The van der Waals surface area contributed by atoms with Gasteiger partial charge in [0.1, 0.15) is 5.75 Å². The van der Waals surface area contributed by atoms with E-state index in [1.807, 2.05) is 18.2 Å². The molecule has 0 saturated carbocycles. The second-order valence-electron chi connectivity index (χ2n) is 6.42. The lowest BCUT2D eigenvalue weighted by molar-refractivity contribution is -0.159. The Hall–Kier alpha value is -2.30. The third kappa shape index (κ3) is 2.22. The average Bonchev–Trinajstić information content (AvgIpc) is 2.53. The van der Waals surface area contributed by atoms with Crippen LogP contribution in [0.15, 0.2) is 23.8 Å². The minimum atomic E-state index is -1.34. The van der Waals surface area contributed by atoms with Crippen LogP contribution in [-0.2, 0) is 16.0 Å². The van der Waals surface area contributed by atoms with E-state index in [1.54, 1.807) is 14.0 Å². The van der Waals surface area contributed by atoms with Gasteiger partial charge in [0, 0.05) is 0 Å². The zero-order chi connectivity index (χ0) is 16.8. The van der Waals surface area contributed by atoms with Gasteiger partial charge < -0.3 is 14.9 Å². The maximum atomic E-state index is 11.9. The van der Waals surface area contributed by atoms with Crippen LogP contribution in [0.2, 0.25) is 0 Å². The van der Waals surface area contributed by atoms with Crippen LogP contribution in [0.5, 0.6) is 5.75 Å². The molecule has 0 unspecified atom stereocenters. The van der Waals surface area contributed by atoms with Crippen LogP contribution in [0.1, 0.15) is 37.3 Å². The maximum Gasteiger partial charge on any atom is 0.314 e. The van der Waals surface area contributed by atoms with Gasteiger partial charge in [0.05, 0.1) is 18.4 Å². The summed E-state index contributed by atoms with van der Waals surface area (Å²) >= 11 is 0. The molecule has 5 heteroatoms. The van der Waals surface area contributed by atoms with Crippen molar-refractivity contribution in [1.29, 1.82) is 0 Å². The van der Waals surface area contributed by atoms with Gasteiger partial charge in [-0.2, -0.15) is 0 Å². The first-order chi connectivity index (χ1) is 10.9. The summed E-state index contributed by atoms with van der Waals surface area (Å²) in [6, 6.07) is 5.82. The van der Waals surface area contributed by atoms with Gasteiger partial charge in [0.2, 0.25) is 0 Å². The SMILES string of the molecule is COc1ccc2c(c1)CCC1=C2CC[C@@H](C(=O)O)[C@]1(C)C(=O)O. The molecule has 2 aliphatic rings. The molecule has 0 amide bonds. The van der Waals surface area contributed by atoms with Gasteiger partial charge in [0.15, 0.2) is 0 Å². The van der Waals surface area contributed by atoms with Crippen molar-refractivity contribution in [2.45, 2.75) is 32.6 Å². The molecule has 1 aromatic rings. The summed E-state index contributed by atoms with van der Waals surface area (Å²) in [5, 5.41) is 19.2. The highest BCUT2D eigenvalue weighted by atomic mass is 16.5. The maximum absolute atomic E-state index is 11.9. The zero-order valence-electron chi connectivity index (χ0n) is 13.3. The van der Waals surface area contributed by atoms with E-state index in [4.69, 9.17) is 4.74 Å². The quantitative estimate of drug-likeness (QED) is 0.895. The first kappa shape index (κ1) is 15.6. The molecule has 0 radical (unpaired) electrons. The lowest BCUT2D eigenvalue weighted by atomic mass is 9.60. The van der Waals surface area contributed by atoms with E-state index in [9.17, 15) is 19.8 Å². The van der Waals surface area contributed by atoms with E-state index < -0.39 is 23.3 Å². The van der Waals surface area contributed by atoms with Crippen LogP contribution in [-0.4, -0.2) is 29.3 Å². The average molecular weight is 316 g/mol. The van der Waals surface area contributed by atoms with Crippen molar-refractivity contribution >= 4 is 17.5 Å². The molecule has 5 nitrogen and oxygen atoms in total.